The van der Waals surface area contributed by atoms with Crippen LogP contribution in [-0.2, 0) is 14.4 Å². The zero-order chi connectivity index (χ0) is 25.1. The van der Waals surface area contributed by atoms with Crippen LogP contribution in [0.5, 0.6) is 5.75 Å². The Kier molecular flexibility index (Phi) is 7.63. The molecule has 2 heterocycles. The Hall–Kier alpha value is -3.08. The van der Waals surface area contributed by atoms with Gasteiger partial charge in [-0.1, -0.05) is 28.8 Å². The van der Waals surface area contributed by atoms with E-state index in [1.54, 1.807) is 19.2 Å². The molecule has 11 heteroatoms. The lowest BCUT2D eigenvalue weighted by Crippen LogP contribution is -2.54. The van der Waals surface area contributed by atoms with Crippen LogP contribution >= 0.6 is 15.9 Å². The van der Waals surface area contributed by atoms with Crippen molar-refractivity contribution in [3.05, 3.63) is 28.4 Å². The number of H-pyrrole nitrogens is 1. The fraction of sp³-hybridized carbons (Fsp3) is 0.500. The van der Waals surface area contributed by atoms with E-state index in [1.807, 2.05) is 6.07 Å². The van der Waals surface area contributed by atoms with Gasteiger partial charge in [0.15, 0.2) is 0 Å². The lowest BCUT2D eigenvalue weighted by molar-refractivity contribution is -0.131. The van der Waals surface area contributed by atoms with Gasteiger partial charge in [0.1, 0.15) is 23.5 Å². The highest BCUT2D eigenvalue weighted by molar-refractivity contribution is 9.10. The van der Waals surface area contributed by atoms with Gasteiger partial charge < -0.3 is 31.4 Å². The van der Waals surface area contributed by atoms with Crippen LogP contribution in [0.15, 0.2) is 22.7 Å². The molecule has 188 valence electrons. The molecule has 1 aliphatic carbocycles. The number of primary amides is 1. The SMILES string of the molecule is COc1cc(Br)cc2[nH]c(C(=O)NC(CC3CC3)C(=O)NC(C[C@@H]3CCCNC3=O)C(N)=O)cc12. The number of fused-ring (bicyclic) bond motifs is 1. The van der Waals surface area contributed by atoms with Crippen LogP contribution in [0.1, 0.15) is 49.0 Å². The van der Waals surface area contributed by atoms with Crippen molar-refractivity contribution >= 4 is 50.5 Å². The summed E-state index contributed by atoms with van der Waals surface area (Å²) in [5, 5.41) is 9.01. The molecule has 35 heavy (non-hydrogen) atoms. The molecule has 2 aliphatic rings. The number of nitrogens with one attached hydrogen (secondary N) is 4. The van der Waals surface area contributed by atoms with Crippen molar-refractivity contribution < 1.29 is 23.9 Å². The average Bonchev–Trinajstić information content (AvgIpc) is 3.54. The van der Waals surface area contributed by atoms with Crippen molar-refractivity contribution in [1.29, 1.82) is 0 Å². The van der Waals surface area contributed by atoms with E-state index in [1.165, 1.54) is 0 Å². The van der Waals surface area contributed by atoms with Gasteiger partial charge in [-0.05, 0) is 49.8 Å². The summed E-state index contributed by atoms with van der Waals surface area (Å²) in [5.74, 6) is -1.22. The first-order chi connectivity index (χ1) is 16.7. The molecule has 2 fully saturated rings. The van der Waals surface area contributed by atoms with Crippen LogP contribution in [0.4, 0.5) is 0 Å². The van der Waals surface area contributed by atoms with E-state index in [0.29, 0.717) is 36.6 Å². The van der Waals surface area contributed by atoms with Crippen molar-refractivity contribution in [1.82, 2.24) is 20.9 Å². The Morgan fingerprint density at radius 1 is 1.14 bits per heavy atom. The number of halogens is 1. The number of carbonyl (C=O) groups is 4. The summed E-state index contributed by atoms with van der Waals surface area (Å²) < 4.78 is 6.20. The molecule has 0 radical (unpaired) electrons. The van der Waals surface area contributed by atoms with Gasteiger partial charge in [-0.25, -0.2) is 0 Å². The molecule has 0 spiro atoms. The molecule has 2 aromatic rings. The van der Waals surface area contributed by atoms with Gasteiger partial charge in [-0.3, -0.25) is 19.2 Å². The highest BCUT2D eigenvalue weighted by Gasteiger charge is 2.34. The number of methoxy groups -OCH3 is 1. The third-order valence-electron chi connectivity index (χ3n) is 6.60. The Morgan fingerprint density at radius 3 is 2.57 bits per heavy atom. The van der Waals surface area contributed by atoms with Gasteiger partial charge in [0.25, 0.3) is 5.91 Å². The van der Waals surface area contributed by atoms with Gasteiger partial charge >= 0.3 is 0 Å². The van der Waals surface area contributed by atoms with E-state index in [0.717, 1.165) is 29.1 Å². The number of aromatic amines is 1. The van der Waals surface area contributed by atoms with Crippen molar-refractivity contribution in [2.45, 2.75) is 50.6 Å². The number of aromatic nitrogens is 1. The van der Waals surface area contributed by atoms with Crippen LogP contribution < -0.4 is 26.4 Å². The first kappa shape index (κ1) is 25.0. The second kappa shape index (κ2) is 10.7. The summed E-state index contributed by atoms with van der Waals surface area (Å²) in [5.41, 5.74) is 6.54. The van der Waals surface area contributed by atoms with Gasteiger partial charge in [-0.15, -0.1) is 0 Å². The highest BCUT2D eigenvalue weighted by Crippen LogP contribution is 2.34. The molecule has 1 aliphatic heterocycles. The first-order valence-corrected chi connectivity index (χ1v) is 12.6. The maximum absolute atomic E-state index is 13.2. The number of amides is 4. The minimum absolute atomic E-state index is 0.133. The number of hydrogen-bond acceptors (Lipinski definition) is 5. The van der Waals surface area contributed by atoms with E-state index >= 15 is 0 Å². The Morgan fingerprint density at radius 2 is 1.91 bits per heavy atom. The molecular formula is C24H30BrN5O5. The summed E-state index contributed by atoms with van der Waals surface area (Å²) in [6.07, 6.45) is 4.00. The second-order valence-electron chi connectivity index (χ2n) is 9.29. The van der Waals surface area contributed by atoms with E-state index in [4.69, 9.17) is 10.5 Å². The fourth-order valence-electron chi connectivity index (χ4n) is 4.48. The van der Waals surface area contributed by atoms with E-state index < -0.39 is 35.7 Å². The number of piperidine rings is 1. The molecule has 4 amide bonds. The molecule has 1 saturated carbocycles. The van der Waals surface area contributed by atoms with E-state index in [9.17, 15) is 19.2 Å². The number of nitrogens with two attached hydrogens (primary N) is 1. The summed E-state index contributed by atoms with van der Waals surface area (Å²) >= 11 is 3.42. The van der Waals surface area contributed by atoms with Gasteiger partial charge in [-0.2, -0.15) is 0 Å². The van der Waals surface area contributed by atoms with Gasteiger partial charge in [0.05, 0.1) is 12.6 Å². The molecule has 0 bridgehead atoms. The second-order valence-corrected chi connectivity index (χ2v) is 10.2. The summed E-state index contributed by atoms with van der Waals surface area (Å²) in [7, 11) is 1.55. The third kappa shape index (κ3) is 6.14. The largest absolute Gasteiger partial charge is 0.496 e. The van der Waals surface area contributed by atoms with E-state index in [2.05, 4.69) is 36.9 Å². The Bertz CT molecular complexity index is 1140. The molecule has 3 atom stereocenters. The smallest absolute Gasteiger partial charge is 0.268 e. The van der Waals surface area contributed by atoms with Crippen LogP contribution in [-0.4, -0.2) is 54.4 Å². The number of ether oxygens (including phenoxy) is 1. The fourth-order valence-corrected chi connectivity index (χ4v) is 4.92. The molecule has 10 nitrogen and oxygen atoms in total. The minimum atomic E-state index is -0.996. The predicted octanol–water partition coefficient (Wildman–Crippen LogP) is 1.72. The molecule has 1 saturated heterocycles. The van der Waals surface area contributed by atoms with Crippen LogP contribution in [0.3, 0.4) is 0 Å². The topological polar surface area (TPSA) is 155 Å². The zero-order valence-electron chi connectivity index (χ0n) is 19.5. The van der Waals surface area contributed by atoms with Gasteiger partial charge in [0, 0.05) is 22.3 Å². The van der Waals surface area contributed by atoms with Crippen LogP contribution in [0.2, 0.25) is 0 Å². The molecule has 6 N–H and O–H groups in total. The quantitative estimate of drug-likeness (QED) is 0.306. The molecule has 4 rings (SSSR count). The summed E-state index contributed by atoms with van der Waals surface area (Å²) in [6.45, 7) is 0.606. The number of rotatable bonds is 10. The standard InChI is InChI=1S/C24H30BrN5O5/c1-35-20-10-14(25)9-16-15(20)11-19(28-16)24(34)30-18(7-12-4-5-12)23(33)29-17(21(26)31)8-13-3-2-6-27-22(13)32/h9-13,17-18,28H,2-8H2,1H3,(H2,26,31)(H,27,32)(H,29,33)(H,30,34)/t13-,17?,18?/m0/s1. The average molecular weight is 548 g/mol. The van der Waals surface area contributed by atoms with E-state index in [-0.39, 0.29) is 18.0 Å². The van der Waals surface area contributed by atoms with Crippen LogP contribution in [0, 0.1) is 11.8 Å². The van der Waals surface area contributed by atoms with Crippen LogP contribution in [0.25, 0.3) is 10.9 Å². The lowest BCUT2D eigenvalue weighted by Gasteiger charge is -2.27. The monoisotopic (exact) mass is 547 g/mol. The van der Waals surface area contributed by atoms with Gasteiger partial charge in [0.2, 0.25) is 17.7 Å². The third-order valence-corrected chi connectivity index (χ3v) is 7.05. The molecule has 2 unspecified atom stereocenters. The van der Waals surface area contributed by atoms with Crippen molar-refractivity contribution in [3.63, 3.8) is 0 Å². The first-order valence-electron chi connectivity index (χ1n) is 11.8. The number of benzene rings is 1. The summed E-state index contributed by atoms with van der Waals surface area (Å²) in [4.78, 5) is 53.5. The zero-order valence-corrected chi connectivity index (χ0v) is 21.1. The number of hydrogen-bond donors (Lipinski definition) is 5. The molecular weight excluding hydrogens is 518 g/mol. The molecule has 1 aromatic carbocycles. The minimum Gasteiger partial charge on any atom is -0.496 e. The normalized spacial score (nSPS) is 19.5. The summed E-state index contributed by atoms with van der Waals surface area (Å²) in [6, 6.07) is 3.48. The lowest BCUT2D eigenvalue weighted by atomic mass is 9.91. The Balaban J connectivity index is 1.47. The maximum Gasteiger partial charge on any atom is 0.268 e. The van der Waals surface area contributed by atoms with Crippen molar-refractivity contribution in [2.75, 3.05) is 13.7 Å². The highest BCUT2D eigenvalue weighted by atomic mass is 79.9. The van der Waals surface area contributed by atoms with Crippen molar-refractivity contribution in [3.8, 4) is 5.75 Å². The number of carbonyl (C=O) groups excluding carboxylic acids is 4. The Labute approximate surface area is 211 Å². The predicted molar refractivity (Wildman–Crippen MR) is 133 cm³/mol. The molecule has 1 aromatic heterocycles. The maximum atomic E-state index is 13.2. The van der Waals surface area contributed by atoms with Crippen molar-refractivity contribution in [2.24, 2.45) is 17.6 Å².